The number of carbonyl (C=O) groups is 1. The molecule has 0 saturated carbocycles. The molecule has 2 aromatic rings. The predicted octanol–water partition coefficient (Wildman–Crippen LogP) is 1.65. The Morgan fingerprint density at radius 1 is 1.50 bits per heavy atom. The molecule has 0 radical (unpaired) electrons. The summed E-state index contributed by atoms with van der Waals surface area (Å²) in [7, 11) is 0. The molecule has 0 aliphatic carbocycles. The number of rotatable bonds is 5. The average Bonchev–Trinajstić information content (AvgIpc) is 2.96. The van der Waals surface area contributed by atoms with Crippen LogP contribution >= 0.6 is 0 Å². The van der Waals surface area contributed by atoms with Gasteiger partial charge in [0, 0.05) is 30.6 Å². The van der Waals surface area contributed by atoms with Gasteiger partial charge in [0.2, 0.25) is 5.91 Å². The van der Waals surface area contributed by atoms with Crippen molar-refractivity contribution in [2.24, 2.45) is 0 Å². The Labute approximate surface area is 114 Å². The zero-order valence-corrected chi connectivity index (χ0v) is 10.4. The summed E-state index contributed by atoms with van der Waals surface area (Å²) >= 11 is 0. The number of aromatic amines is 1. The van der Waals surface area contributed by atoms with Crippen molar-refractivity contribution < 1.29 is 9.72 Å². The van der Waals surface area contributed by atoms with Crippen LogP contribution in [-0.4, -0.2) is 20.8 Å². The maximum atomic E-state index is 11.6. The van der Waals surface area contributed by atoms with Gasteiger partial charge in [-0.25, -0.2) is 4.98 Å². The van der Waals surface area contributed by atoms with Crippen LogP contribution in [0, 0.1) is 10.1 Å². The van der Waals surface area contributed by atoms with Crippen LogP contribution in [-0.2, 0) is 11.3 Å². The lowest BCUT2D eigenvalue weighted by Gasteiger charge is -1.98. The summed E-state index contributed by atoms with van der Waals surface area (Å²) in [6, 6.07) is 6.05. The van der Waals surface area contributed by atoms with Crippen LogP contribution in [0.1, 0.15) is 11.4 Å². The molecule has 1 aromatic carbocycles. The van der Waals surface area contributed by atoms with E-state index < -0.39 is 4.92 Å². The largest absolute Gasteiger partial charge is 0.347 e. The molecule has 0 fully saturated rings. The Balaban J connectivity index is 1.93. The number of nitrogens with zero attached hydrogens (tertiary/aromatic N) is 2. The van der Waals surface area contributed by atoms with Crippen molar-refractivity contribution >= 4 is 17.7 Å². The van der Waals surface area contributed by atoms with E-state index in [4.69, 9.17) is 0 Å². The van der Waals surface area contributed by atoms with E-state index >= 15 is 0 Å². The average molecular weight is 272 g/mol. The first kappa shape index (κ1) is 13.5. The first-order chi connectivity index (χ1) is 9.65. The zero-order valence-electron chi connectivity index (χ0n) is 10.4. The van der Waals surface area contributed by atoms with Crippen molar-refractivity contribution in [1.29, 1.82) is 0 Å². The Bertz CT molecular complexity index is 635. The van der Waals surface area contributed by atoms with Crippen LogP contribution in [0.5, 0.6) is 0 Å². The van der Waals surface area contributed by atoms with E-state index in [1.165, 1.54) is 24.3 Å². The molecule has 0 saturated heterocycles. The van der Waals surface area contributed by atoms with Crippen LogP contribution in [0.25, 0.3) is 6.08 Å². The summed E-state index contributed by atoms with van der Waals surface area (Å²) in [4.78, 5) is 28.5. The van der Waals surface area contributed by atoms with Crippen molar-refractivity contribution in [1.82, 2.24) is 15.3 Å². The Kier molecular flexibility index (Phi) is 4.23. The molecule has 102 valence electrons. The molecule has 0 aliphatic heterocycles. The molecule has 0 aliphatic rings. The van der Waals surface area contributed by atoms with E-state index in [1.807, 2.05) is 0 Å². The lowest BCUT2D eigenvalue weighted by atomic mass is 10.2. The normalized spacial score (nSPS) is 10.6. The third kappa shape index (κ3) is 3.77. The van der Waals surface area contributed by atoms with Gasteiger partial charge in [-0.05, 0) is 11.6 Å². The van der Waals surface area contributed by atoms with Crippen LogP contribution in [0.2, 0.25) is 0 Å². The molecular weight excluding hydrogens is 260 g/mol. The number of non-ortho nitro benzene ring substituents is 1. The van der Waals surface area contributed by atoms with Gasteiger partial charge in [-0.15, -0.1) is 0 Å². The summed E-state index contributed by atoms with van der Waals surface area (Å²) in [5, 5.41) is 13.3. The van der Waals surface area contributed by atoms with Gasteiger partial charge in [-0.1, -0.05) is 12.1 Å². The Hall–Kier alpha value is -2.96. The number of carbonyl (C=O) groups excluding carboxylic acids is 1. The molecule has 0 spiro atoms. The minimum absolute atomic E-state index is 0.0110. The monoisotopic (exact) mass is 272 g/mol. The smallest absolute Gasteiger partial charge is 0.270 e. The van der Waals surface area contributed by atoms with E-state index in [1.54, 1.807) is 24.5 Å². The third-order valence-electron chi connectivity index (χ3n) is 2.49. The van der Waals surface area contributed by atoms with E-state index in [-0.39, 0.29) is 11.6 Å². The maximum Gasteiger partial charge on any atom is 0.270 e. The molecule has 1 heterocycles. The summed E-state index contributed by atoms with van der Waals surface area (Å²) in [6.07, 6.45) is 6.10. The molecule has 0 atom stereocenters. The molecule has 1 aromatic heterocycles. The molecule has 7 heteroatoms. The summed E-state index contributed by atoms with van der Waals surface area (Å²) < 4.78 is 0. The van der Waals surface area contributed by atoms with Gasteiger partial charge in [0.15, 0.2) is 0 Å². The Morgan fingerprint density at radius 2 is 2.35 bits per heavy atom. The number of nitro groups is 1. The van der Waals surface area contributed by atoms with Crippen LogP contribution in [0.3, 0.4) is 0 Å². The number of nitro benzene ring substituents is 1. The fourth-order valence-corrected chi connectivity index (χ4v) is 1.54. The number of imidazole rings is 1. The van der Waals surface area contributed by atoms with Gasteiger partial charge in [0.1, 0.15) is 5.82 Å². The molecule has 0 unspecified atom stereocenters. The minimum Gasteiger partial charge on any atom is -0.347 e. The minimum atomic E-state index is -0.478. The standard InChI is InChI=1S/C13H12N4O3/c18-13(16-9-12-14-6-7-15-12)5-4-10-2-1-3-11(8-10)17(19)20/h1-8H,9H2,(H,14,15)(H,16,18). The highest BCUT2D eigenvalue weighted by Gasteiger charge is 2.04. The number of hydrogen-bond acceptors (Lipinski definition) is 4. The number of H-pyrrole nitrogens is 1. The second kappa shape index (κ2) is 6.28. The third-order valence-corrected chi connectivity index (χ3v) is 2.49. The maximum absolute atomic E-state index is 11.6. The second-order valence-corrected chi connectivity index (χ2v) is 3.94. The van der Waals surface area contributed by atoms with E-state index in [0.29, 0.717) is 17.9 Å². The van der Waals surface area contributed by atoms with Crippen LogP contribution in [0.15, 0.2) is 42.7 Å². The van der Waals surface area contributed by atoms with E-state index in [0.717, 1.165) is 0 Å². The van der Waals surface area contributed by atoms with E-state index in [9.17, 15) is 14.9 Å². The van der Waals surface area contributed by atoms with Crippen molar-refractivity contribution in [2.75, 3.05) is 0 Å². The van der Waals surface area contributed by atoms with Gasteiger partial charge < -0.3 is 10.3 Å². The number of nitrogens with one attached hydrogen (secondary N) is 2. The Morgan fingerprint density at radius 3 is 3.05 bits per heavy atom. The molecular formula is C13H12N4O3. The van der Waals surface area contributed by atoms with E-state index in [2.05, 4.69) is 15.3 Å². The first-order valence-corrected chi connectivity index (χ1v) is 5.84. The second-order valence-electron chi connectivity index (χ2n) is 3.94. The molecule has 2 rings (SSSR count). The zero-order chi connectivity index (χ0) is 14.4. The van der Waals surface area contributed by atoms with Crippen molar-refractivity contribution in [2.45, 2.75) is 6.54 Å². The topological polar surface area (TPSA) is 101 Å². The lowest BCUT2D eigenvalue weighted by Crippen LogP contribution is -2.20. The van der Waals surface area contributed by atoms with Gasteiger partial charge in [-0.3, -0.25) is 14.9 Å². The summed E-state index contributed by atoms with van der Waals surface area (Å²) in [5.74, 6) is 0.356. The molecule has 20 heavy (non-hydrogen) atoms. The highest BCUT2D eigenvalue weighted by molar-refractivity contribution is 5.91. The fraction of sp³-hybridized carbons (Fsp3) is 0.0769. The fourth-order valence-electron chi connectivity index (χ4n) is 1.54. The van der Waals surface area contributed by atoms with Gasteiger partial charge in [0.05, 0.1) is 11.5 Å². The van der Waals surface area contributed by atoms with Gasteiger partial charge in [-0.2, -0.15) is 0 Å². The molecule has 0 bridgehead atoms. The molecule has 7 nitrogen and oxygen atoms in total. The number of hydrogen-bond donors (Lipinski definition) is 2. The SMILES string of the molecule is O=C(C=Cc1cccc([N+](=O)[O-])c1)NCc1ncc[nH]1. The summed E-state index contributed by atoms with van der Waals surface area (Å²) in [5.41, 5.74) is 0.579. The first-order valence-electron chi connectivity index (χ1n) is 5.84. The van der Waals surface area contributed by atoms with Crippen molar-refractivity contribution in [3.8, 4) is 0 Å². The predicted molar refractivity (Wildman–Crippen MR) is 72.6 cm³/mol. The highest BCUT2D eigenvalue weighted by atomic mass is 16.6. The highest BCUT2D eigenvalue weighted by Crippen LogP contribution is 2.13. The van der Waals surface area contributed by atoms with Crippen molar-refractivity contribution in [3.05, 3.63) is 64.2 Å². The quantitative estimate of drug-likeness (QED) is 0.491. The lowest BCUT2D eigenvalue weighted by molar-refractivity contribution is -0.384. The van der Waals surface area contributed by atoms with Gasteiger partial charge in [0.25, 0.3) is 5.69 Å². The number of benzene rings is 1. The molecule has 1 amide bonds. The molecule has 2 N–H and O–H groups in total. The summed E-state index contributed by atoms with van der Waals surface area (Å²) in [6.45, 7) is 0.297. The van der Waals surface area contributed by atoms with Crippen LogP contribution in [0.4, 0.5) is 5.69 Å². The number of aromatic nitrogens is 2. The van der Waals surface area contributed by atoms with Crippen LogP contribution < -0.4 is 5.32 Å². The van der Waals surface area contributed by atoms with Gasteiger partial charge >= 0.3 is 0 Å². The number of amides is 1. The van der Waals surface area contributed by atoms with Crippen molar-refractivity contribution in [3.63, 3.8) is 0 Å².